The number of hydrogen-bond acceptors (Lipinski definition) is 6. The summed E-state index contributed by atoms with van der Waals surface area (Å²) in [4.78, 5) is 4.62. The standard InChI is InChI=1S/C27H29Cl3N2O4/c1-33-21-6-5-18-13-20-19-15-23-22(35-16-36-23)14-17(19)7-10-32(20)26(27(28,29)30)24(18)25(21)34-12-11-31-8-3-2-4-9-31/h5-6,13-15,26H,2-4,7-12,16H2,1H3. The molecule has 0 saturated carbocycles. The van der Waals surface area contributed by atoms with Crippen molar-refractivity contribution in [3.8, 4) is 23.0 Å². The lowest BCUT2D eigenvalue weighted by molar-refractivity contribution is 0.174. The Morgan fingerprint density at radius 1 is 1.03 bits per heavy atom. The molecule has 0 N–H and O–H groups in total. The van der Waals surface area contributed by atoms with Crippen molar-refractivity contribution in [2.75, 3.05) is 46.7 Å². The van der Waals surface area contributed by atoms with E-state index >= 15 is 0 Å². The van der Waals surface area contributed by atoms with Gasteiger partial charge in [-0.1, -0.05) is 47.3 Å². The fraction of sp³-hybridized carbons (Fsp3) is 0.481. The second-order valence-corrected chi connectivity index (χ2v) is 12.0. The van der Waals surface area contributed by atoms with Crippen LogP contribution in [0.15, 0.2) is 24.3 Å². The minimum atomic E-state index is -1.60. The molecule has 9 heteroatoms. The molecule has 192 valence electrons. The van der Waals surface area contributed by atoms with E-state index in [1.165, 1.54) is 24.8 Å². The van der Waals surface area contributed by atoms with Crippen LogP contribution in [0.2, 0.25) is 0 Å². The van der Waals surface area contributed by atoms with Crippen LogP contribution in [0.3, 0.4) is 0 Å². The van der Waals surface area contributed by atoms with E-state index in [9.17, 15) is 0 Å². The molecule has 0 amide bonds. The van der Waals surface area contributed by atoms with E-state index in [0.29, 0.717) is 24.7 Å². The quantitative estimate of drug-likeness (QED) is 0.420. The van der Waals surface area contributed by atoms with E-state index in [-0.39, 0.29) is 6.79 Å². The van der Waals surface area contributed by atoms with E-state index in [0.717, 1.165) is 59.9 Å². The fourth-order valence-electron chi connectivity index (χ4n) is 5.79. The van der Waals surface area contributed by atoms with Crippen LogP contribution in [0.25, 0.3) is 11.8 Å². The average Bonchev–Trinajstić information content (AvgIpc) is 3.33. The number of rotatable bonds is 5. The molecule has 1 fully saturated rings. The van der Waals surface area contributed by atoms with Gasteiger partial charge in [0.15, 0.2) is 23.0 Å². The largest absolute Gasteiger partial charge is 0.493 e. The first-order valence-corrected chi connectivity index (χ1v) is 13.6. The lowest BCUT2D eigenvalue weighted by Crippen LogP contribution is -2.41. The molecule has 0 spiro atoms. The topological polar surface area (TPSA) is 43.4 Å². The second kappa shape index (κ2) is 9.71. The maximum absolute atomic E-state index is 6.72. The van der Waals surface area contributed by atoms with Crippen LogP contribution in [0.1, 0.15) is 47.6 Å². The first kappa shape index (κ1) is 24.4. The highest BCUT2D eigenvalue weighted by Gasteiger charge is 2.46. The van der Waals surface area contributed by atoms with Crippen LogP contribution in [0, 0.1) is 0 Å². The highest BCUT2D eigenvalue weighted by Crippen LogP contribution is 2.56. The van der Waals surface area contributed by atoms with Crippen molar-refractivity contribution >= 4 is 46.6 Å². The average molecular weight is 552 g/mol. The van der Waals surface area contributed by atoms with Crippen LogP contribution in [-0.4, -0.2) is 60.3 Å². The summed E-state index contributed by atoms with van der Waals surface area (Å²) in [5.41, 5.74) is 5.07. The third kappa shape index (κ3) is 4.36. The van der Waals surface area contributed by atoms with Crippen molar-refractivity contribution < 1.29 is 18.9 Å². The van der Waals surface area contributed by atoms with E-state index in [4.69, 9.17) is 53.8 Å². The highest BCUT2D eigenvalue weighted by molar-refractivity contribution is 6.68. The summed E-state index contributed by atoms with van der Waals surface area (Å²) in [6.45, 7) is 4.56. The number of methoxy groups -OCH3 is 1. The summed E-state index contributed by atoms with van der Waals surface area (Å²) in [7, 11) is 1.65. The second-order valence-electron chi connectivity index (χ2n) is 9.63. The molecule has 0 aliphatic carbocycles. The zero-order valence-corrected chi connectivity index (χ0v) is 22.5. The summed E-state index contributed by atoms with van der Waals surface area (Å²) in [6, 6.07) is 7.51. The third-order valence-corrected chi connectivity index (χ3v) is 8.13. The molecule has 4 aliphatic heterocycles. The first-order valence-electron chi connectivity index (χ1n) is 12.5. The summed E-state index contributed by atoms with van der Waals surface area (Å²) in [6.07, 6.45) is 6.73. The number of alkyl halides is 3. The fourth-order valence-corrected chi connectivity index (χ4v) is 6.47. The van der Waals surface area contributed by atoms with Gasteiger partial charge in [0.05, 0.1) is 7.11 Å². The van der Waals surface area contributed by atoms with Gasteiger partial charge >= 0.3 is 0 Å². The zero-order valence-electron chi connectivity index (χ0n) is 20.2. The summed E-state index contributed by atoms with van der Waals surface area (Å²) < 4.78 is 21.8. The Morgan fingerprint density at radius 3 is 2.56 bits per heavy atom. The van der Waals surface area contributed by atoms with Gasteiger partial charge in [0.1, 0.15) is 12.6 Å². The Bertz CT molecular complexity index is 1190. The van der Waals surface area contributed by atoms with Gasteiger partial charge in [0, 0.05) is 29.9 Å². The lowest BCUT2D eigenvalue weighted by Gasteiger charge is -2.46. The van der Waals surface area contributed by atoms with Crippen molar-refractivity contribution in [1.82, 2.24) is 9.80 Å². The van der Waals surface area contributed by atoms with E-state index < -0.39 is 9.83 Å². The van der Waals surface area contributed by atoms with Crippen LogP contribution in [0.5, 0.6) is 23.0 Å². The Morgan fingerprint density at radius 2 is 1.81 bits per heavy atom. The molecule has 0 bridgehead atoms. The van der Waals surface area contributed by atoms with Crippen molar-refractivity contribution in [2.24, 2.45) is 0 Å². The van der Waals surface area contributed by atoms with Crippen LogP contribution in [0.4, 0.5) is 0 Å². The smallest absolute Gasteiger partial charge is 0.231 e. The van der Waals surface area contributed by atoms with Gasteiger partial charge in [-0.3, -0.25) is 4.90 Å². The highest BCUT2D eigenvalue weighted by atomic mass is 35.6. The molecule has 4 aliphatic rings. The maximum Gasteiger partial charge on any atom is 0.231 e. The van der Waals surface area contributed by atoms with Gasteiger partial charge in [-0.05, 0) is 67.8 Å². The van der Waals surface area contributed by atoms with Gasteiger partial charge < -0.3 is 23.8 Å². The number of piperidine rings is 1. The molecular formula is C27H29Cl3N2O4. The first-order chi connectivity index (χ1) is 17.4. The van der Waals surface area contributed by atoms with Gasteiger partial charge in [-0.15, -0.1) is 0 Å². The molecule has 6 rings (SSSR count). The molecule has 1 unspecified atom stereocenters. The van der Waals surface area contributed by atoms with Crippen molar-refractivity contribution in [1.29, 1.82) is 0 Å². The molecule has 2 aromatic rings. The van der Waals surface area contributed by atoms with Gasteiger partial charge in [0.25, 0.3) is 0 Å². The number of likely N-dealkylation sites (tertiary alicyclic amines) is 1. The number of halogens is 3. The van der Waals surface area contributed by atoms with Crippen molar-refractivity contribution in [3.63, 3.8) is 0 Å². The third-order valence-electron chi connectivity index (χ3n) is 7.51. The SMILES string of the molecule is COc1ccc2c(c1OCCN1CCCCC1)C(C(Cl)(Cl)Cl)N1CCc3cc4c(cc3C1=C2)OCO4. The molecule has 2 aromatic carbocycles. The molecule has 0 aromatic heterocycles. The summed E-state index contributed by atoms with van der Waals surface area (Å²) >= 11 is 20.1. The molecule has 6 nitrogen and oxygen atoms in total. The van der Waals surface area contributed by atoms with E-state index in [1.54, 1.807) is 7.11 Å². The lowest BCUT2D eigenvalue weighted by atomic mass is 9.86. The molecule has 1 saturated heterocycles. The Balaban J connectivity index is 1.41. The minimum Gasteiger partial charge on any atom is -0.493 e. The van der Waals surface area contributed by atoms with E-state index in [1.807, 2.05) is 18.2 Å². The molecular weight excluding hydrogens is 523 g/mol. The maximum atomic E-state index is 6.72. The minimum absolute atomic E-state index is 0.235. The van der Waals surface area contributed by atoms with Gasteiger partial charge in [-0.2, -0.15) is 0 Å². The van der Waals surface area contributed by atoms with Gasteiger partial charge in [0.2, 0.25) is 10.6 Å². The number of ether oxygens (including phenoxy) is 4. The Hall–Kier alpha value is -1.99. The number of benzene rings is 2. The normalized spacial score (nSPS) is 20.8. The molecule has 0 radical (unpaired) electrons. The predicted octanol–water partition coefficient (Wildman–Crippen LogP) is 6.07. The number of nitrogens with zero attached hydrogens (tertiary/aromatic N) is 2. The van der Waals surface area contributed by atoms with Crippen LogP contribution < -0.4 is 18.9 Å². The van der Waals surface area contributed by atoms with Crippen LogP contribution >= 0.6 is 34.8 Å². The molecule has 36 heavy (non-hydrogen) atoms. The van der Waals surface area contributed by atoms with Crippen molar-refractivity contribution in [2.45, 2.75) is 35.5 Å². The summed E-state index contributed by atoms with van der Waals surface area (Å²) in [5, 5.41) is 0. The predicted molar refractivity (Wildman–Crippen MR) is 143 cm³/mol. The summed E-state index contributed by atoms with van der Waals surface area (Å²) in [5.74, 6) is 2.81. The van der Waals surface area contributed by atoms with Gasteiger partial charge in [-0.25, -0.2) is 0 Å². The van der Waals surface area contributed by atoms with Crippen LogP contribution in [-0.2, 0) is 6.42 Å². The Labute approximate surface area is 226 Å². The zero-order chi connectivity index (χ0) is 24.9. The van der Waals surface area contributed by atoms with E-state index in [2.05, 4.69) is 21.9 Å². The number of hydrogen-bond donors (Lipinski definition) is 0. The number of fused-ring (bicyclic) bond motifs is 5. The molecule has 4 heterocycles. The Kier molecular flexibility index (Phi) is 6.57. The monoisotopic (exact) mass is 550 g/mol. The van der Waals surface area contributed by atoms with Crippen molar-refractivity contribution in [3.05, 3.63) is 46.5 Å². The molecule has 1 atom stereocenters.